The van der Waals surface area contributed by atoms with E-state index in [1.54, 1.807) is 0 Å². The van der Waals surface area contributed by atoms with Crippen molar-refractivity contribution in [2.45, 2.75) is 65.0 Å². The van der Waals surface area contributed by atoms with E-state index in [0.717, 1.165) is 26.3 Å². The van der Waals surface area contributed by atoms with Crippen LogP contribution in [0.1, 0.15) is 53.4 Å². The third-order valence-corrected chi connectivity index (χ3v) is 4.97. The number of nitrogens with zero attached hydrogens (tertiary/aromatic N) is 1. The predicted octanol–water partition coefficient (Wildman–Crippen LogP) is 2.90. The van der Waals surface area contributed by atoms with Crippen LogP contribution in [0.3, 0.4) is 0 Å². The Balaban J connectivity index is 1.86. The van der Waals surface area contributed by atoms with E-state index in [2.05, 4.69) is 37.9 Å². The zero-order valence-corrected chi connectivity index (χ0v) is 14.0. The highest BCUT2D eigenvalue weighted by molar-refractivity contribution is 5.01. The number of rotatable bonds is 6. The lowest BCUT2D eigenvalue weighted by Crippen LogP contribution is -2.64. The molecule has 1 N–H and O–H groups in total. The second kappa shape index (κ2) is 7.24. The van der Waals surface area contributed by atoms with E-state index in [4.69, 9.17) is 4.74 Å². The first-order valence-corrected chi connectivity index (χ1v) is 8.59. The maximum absolute atomic E-state index is 5.81. The highest BCUT2D eigenvalue weighted by Gasteiger charge is 2.41. The number of piperazine rings is 1. The SMILES string of the molecule is CC(C)COCCN1CC2(CCCC2)NCC1C(C)C. The summed E-state index contributed by atoms with van der Waals surface area (Å²) in [5, 5.41) is 3.88. The molecule has 0 aromatic carbocycles. The van der Waals surface area contributed by atoms with Gasteiger partial charge in [0, 0.05) is 37.8 Å². The molecule has 1 aliphatic heterocycles. The van der Waals surface area contributed by atoms with Gasteiger partial charge < -0.3 is 10.1 Å². The number of hydrogen-bond donors (Lipinski definition) is 1. The van der Waals surface area contributed by atoms with Gasteiger partial charge in [-0.25, -0.2) is 0 Å². The van der Waals surface area contributed by atoms with Gasteiger partial charge in [-0.2, -0.15) is 0 Å². The fourth-order valence-electron chi connectivity index (χ4n) is 3.80. The summed E-state index contributed by atoms with van der Waals surface area (Å²) in [5.41, 5.74) is 0.420. The molecule has 20 heavy (non-hydrogen) atoms. The molecule has 1 aliphatic carbocycles. The van der Waals surface area contributed by atoms with Crippen molar-refractivity contribution in [3.05, 3.63) is 0 Å². The van der Waals surface area contributed by atoms with Crippen molar-refractivity contribution in [1.82, 2.24) is 10.2 Å². The molecule has 2 fully saturated rings. The molecule has 0 radical (unpaired) electrons. The van der Waals surface area contributed by atoms with E-state index in [9.17, 15) is 0 Å². The molecule has 118 valence electrons. The van der Waals surface area contributed by atoms with Crippen LogP contribution >= 0.6 is 0 Å². The Labute approximate surface area is 125 Å². The lowest BCUT2D eigenvalue weighted by molar-refractivity contribution is 0.0211. The molecule has 1 unspecified atom stereocenters. The van der Waals surface area contributed by atoms with Gasteiger partial charge in [0.1, 0.15) is 0 Å². The van der Waals surface area contributed by atoms with Gasteiger partial charge >= 0.3 is 0 Å². The van der Waals surface area contributed by atoms with E-state index < -0.39 is 0 Å². The fourth-order valence-corrected chi connectivity index (χ4v) is 3.80. The maximum Gasteiger partial charge on any atom is 0.0593 e. The molecule has 2 aliphatic rings. The molecule has 0 bridgehead atoms. The summed E-state index contributed by atoms with van der Waals surface area (Å²) in [6, 6.07) is 0.670. The van der Waals surface area contributed by atoms with Crippen LogP contribution in [0.15, 0.2) is 0 Å². The third kappa shape index (κ3) is 4.19. The highest BCUT2D eigenvalue weighted by atomic mass is 16.5. The Hall–Kier alpha value is -0.120. The average Bonchev–Trinajstić information content (AvgIpc) is 2.82. The van der Waals surface area contributed by atoms with Crippen LogP contribution in [-0.4, -0.2) is 49.3 Å². The normalized spacial score (nSPS) is 27.0. The van der Waals surface area contributed by atoms with Crippen molar-refractivity contribution in [2.75, 3.05) is 32.8 Å². The van der Waals surface area contributed by atoms with Crippen LogP contribution in [0.25, 0.3) is 0 Å². The van der Waals surface area contributed by atoms with Gasteiger partial charge in [-0.15, -0.1) is 0 Å². The van der Waals surface area contributed by atoms with Crippen molar-refractivity contribution in [3.63, 3.8) is 0 Å². The molecular weight excluding hydrogens is 248 g/mol. The first kappa shape index (κ1) is 16.3. The largest absolute Gasteiger partial charge is 0.380 e. The molecule has 1 atom stereocenters. The minimum absolute atomic E-state index is 0.420. The molecule has 2 rings (SSSR count). The van der Waals surface area contributed by atoms with Gasteiger partial charge in [-0.05, 0) is 24.7 Å². The zero-order valence-electron chi connectivity index (χ0n) is 14.0. The van der Waals surface area contributed by atoms with E-state index in [1.807, 2.05) is 0 Å². The fraction of sp³-hybridized carbons (Fsp3) is 1.00. The molecule has 1 heterocycles. The predicted molar refractivity (Wildman–Crippen MR) is 85.1 cm³/mol. The Kier molecular flexibility index (Phi) is 5.88. The van der Waals surface area contributed by atoms with E-state index in [-0.39, 0.29) is 0 Å². The highest BCUT2D eigenvalue weighted by Crippen LogP contribution is 2.34. The van der Waals surface area contributed by atoms with Crippen LogP contribution < -0.4 is 5.32 Å². The van der Waals surface area contributed by atoms with Gasteiger partial charge in [0.2, 0.25) is 0 Å². The van der Waals surface area contributed by atoms with Crippen molar-refractivity contribution >= 4 is 0 Å². The van der Waals surface area contributed by atoms with Crippen LogP contribution in [0, 0.1) is 11.8 Å². The van der Waals surface area contributed by atoms with E-state index >= 15 is 0 Å². The third-order valence-electron chi connectivity index (χ3n) is 4.97. The molecule has 3 heteroatoms. The minimum atomic E-state index is 0.420. The average molecular weight is 282 g/mol. The number of ether oxygens (including phenoxy) is 1. The van der Waals surface area contributed by atoms with Crippen molar-refractivity contribution < 1.29 is 4.74 Å². The molecule has 1 saturated heterocycles. The first-order chi connectivity index (χ1) is 9.52. The van der Waals surface area contributed by atoms with Gasteiger partial charge in [0.05, 0.1) is 6.61 Å². The second-order valence-electron chi connectivity index (χ2n) is 7.62. The first-order valence-electron chi connectivity index (χ1n) is 8.59. The molecule has 3 nitrogen and oxygen atoms in total. The Morgan fingerprint density at radius 2 is 1.90 bits per heavy atom. The zero-order chi connectivity index (χ0) is 14.6. The van der Waals surface area contributed by atoms with Crippen LogP contribution in [0.5, 0.6) is 0 Å². The minimum Gasteiger partial charge on any atom is -0.380 e. The van der Waals surface area contributed by atoms with Crippen LogP contribution in [0.2, 0.25) is 0 Å². The Morgan fingerprint density at radius 3 is 2.50 bits per heavy atom. The monoisotopic (exact) mass is 282 g/mol. The van der Waals surface area contributed by atoms with Crippen LogP contribution in [0.4, 0.5) is 0 Å². The molecule has 0 aromatic heterocycles. The molecule has 0 amide bonds. The summed E-state index contributed by atoms with van der Waals surface area (Å²) >= 11 is 0. The van der Waals surface area contributed by atoms with Gasteiger partial charge in [-0.3, -0.25) is 4.90 Å². The summed E-state index contributed by atoms with van der Waals surface area (Å²) in [5.74, 6) is 1.35. The van der Waals surface area contributed by atoms with Gasteiger partial charge in [-0.1, -0.05) is 40.5 Å². The topological polar surface area (TPSA) is 24.5 Å². The van der Waals surface area contributed by atoms with Crippen LogP contribution in [-0.2, 0) is 4.74 Å². The summed E-state index contributed by atoms with van der Waals surface area (Å²) in [6.45, 7) is 14.4. The summed E-state index contributed by atoms with van der Waals surface area (Å²) < 4.78 is 5.81. The van der Waals surface area contributed by atoms with E-state index in [1.165, 1.54) is 32.2 Å². The summed E-state index contributed by atoms with van der Waals surface area (Å²) in [7, 11) is 0. The molecule has 1 spiro atoms. The number of hydrogen-bond acceptors (Lipinski definition) is 3. The number of nitrogens with one attached hydrogen (secondary N) is 1. The van der Waals surface area contributed by atoms with Crippen molar-refractivity contribution in [3.8, 4) is 0 Å². The Bertz CT molecular complexity index is 285. The van der Waals surface area contributed by atoms with Gasteiger partial charge in [0.25, 0.3) is 0 Å². The Morgan fingerprint density at radius 1 is 1.20 bits per heavy atom. The standard InChI is InChI=1S/C17H34N2O/c1-14(2)12-20-10-9-19-13-17(7-5-6-8-17)18-11-16(19)15(3)4/h14-16,18H,5-13H2,1-4H3. The smallest absolute Gasteiger partial charge is 0.0593 e. The summed E-state index contributed by atoms with van der Waals surface area (Å²) in [6.07, 6.45) is 5.52. The second-order valence-corrected chi connectivity index (χ2v) is 7.62. The lowest BCUT2D eigenvalue weighted by atomic mass is 9.89. The van der Waals surface area contributed by atoms with Crippen molar-refractivity contribution in [2.24, 2.45) is 11.8 Å². The van der Waals surface area contributed by atoms with Crippen molar-refractivity contribution in [1.29, 1.82) is 0 Å². The quantitative estimate of drug-likeness (QED) is 0.758. The molecular formula is C17H34N2O. The molecule has 1 saturated carbocycles. The summed E-state index contributed by atoms with van der Waals surface area (Å²) in [4.78, 5) is 2.70. The van der Waals surface area contributed by atoms with Gasteiger partial charge in [0.15, 0.2) is 0 Å². The molecule has 0 aromatic rings. The maximum atomic E-state index is 5.81. The van der Waals surface area contributed by atoms with E-state index in [0.29, 0.717) is 23.4 Å². The lowest BCUT2D eigenvalue weighted by Gasteiger charge is -2.48.